The van der Waals surface area contributed by atoms with Gasteiger partial charge in [-0.05, 0) is 67.8 Å². The number of aryl methyl sites for hydroxylation is 1. The van der Waals surface area contributed by atoms with Crippen LogP contribution in [0.25, 0.3) is 0 Å². The quantitative estimate of drug-likeness (QED) is 0.561. The summed E-state index contributed by atoms with van der Waals surface area (Å²) >= 11 is 0. The number of hydrogen-bond acceptors (Lipinski definition) is 5. The van der Waals surface area contributed by atoms with Crippen LogP contribution in [0.4, 0.5) is 11.4 Å². The molecule has 0 aliphatic carbocycles. The summed E-state index contributed by atoms with van der Waals surface area (Å²) in [6, 6.07) is 19.7. The Bertz CT molecular complexity index is 1320. The minimum Gasteiger partial charge on any atom is -0.492 e. The van der Waals surface area contributed by atoms with Gasteiger partial charge in [-0.3, -0.25) is 9.03 Å². The predicted octanol–water partition coefficient (Wildman–Crippen LogP) is 4.03. The second-order valence-electron chi connectivity index (χ2n) is 7.32. The van der Waals surface area contributed by atoms with Gasteiger partial charge in [0.25, 0.3) is 20.0 Å². The zero-order chi connectivity index (χ0) is 22.8. The highest BCUT2D eigenvalue weighted by Gasteiger charge is 2.29. The number of rotatable bonds is 7. The number of nitrogens with one attached hydrogen (secondary N) is 1. The first-order valence-electron chi connectivity index (χ1n) is 10.3. The van der Waals surface area contributed by atoms with Gasteiger partial charge in [-0.2, -0.15) is 0 Å². The second kappa shape index (κ2) is 8.84. The molecule has 3 aromatic rings. The van der Waals surface area contributed by atoms with Crippen molar-refractivity contribution in [2.75, 3.05) is 22.2 Å². The van der Waals surface area contributed by atoms with Crippen molar-refractivity contribution < 1.29 is 21.6 Å². The Morgan fingerprint density at radius 1 is 0.938 bits per heavy atom. The van der Waals surface area contributed by atoms with Gasteiger partial charge in [0, 0.05) is 12.2 Å². The van der Waals surface area contributed by atoms with Crippen LogP contribution in [0.2, 0.25) is 0 Å². The molecule has 9 heteroatoms. The van der Waals surface area contributed by atoms with E-state index in [1.54, 1.807) is 73.7 Å². The number of benzene rings is 3. The van der Waals surface area contributed by atoms with Crippen molar-refractivity contribution in [3.8, 4) is 5.75 Å². The lowest BCUT2D eigenvalue weighted by atomic mass is 10.0. The summed E-state index contributed by atoms with van der Waals surface area (Å²) in [5.74, 6) is 0.278. The summed E-state index contributed by atoms with van der Waals surface area (Å²) in [4.78, 5) is 0.276. The molecule has 0 saturated carbocycles. The van der Waals surface area contributed by atoms with Gasteiger partial charge in [0.2, 0.25) is 0 Å². The Kier molecular flexibility index (Phi) is 6.12. The van der Waals surface area contributed by atoms with Gasteiger partial charge in [0.15, 0.2) is 0 Å². The fourth-order valence-electron chi connectivity index (χ4n) is 3.75. The highest BCUT2D eigenvalue weighted by atomic mass is 32.2. The summed E-state index contributed by atoms with van der Waals surface area (Å²) < 4.78 is 61.7. The SMILES string of the molecule is CCOc1ccccc1S(=O)(=O)Nc1ccc2c(c1)CCCN2S(=O)(=O)c1ccccc1. The summed E-state index contributed by atoms with van der Waals surface area (Å²) in [5.41, 5.74) is 1.71. The molecule has 0 unspecified atom stereocenters. The third kappa shape index (κ3) is 4.31. The highest BCUT2D eigenvalue weighted by molar-refractivity contribution is 7.93. The number of hydrogen-bond donors (Lipinski definition) is 1. The summed E-state index contributed by atoms with van der Waals surface area (Å²) in [7, 11) is -7.58. The molecule has 0 atom stereocenters. The van der Waals surface area contributed by atoms with E-state index in [-0.39, 0.29) is 15.5 Å². The lowest BCUT2D eigenvalue weighted by Gasteiger charge is -2.31. The first-order chi connectivity index (χ1) is 15.3. The van der Waals surface area contributed by atoms with Crippen molar-refractivity contribution in [1.82, 2.24) is 0 Å². The van der Waals surface area contributed by atoms with E-state index < -0.39 is 20.0 Å². The molecule has 0 radical (unpaired) electrons. The van der Waals surface area contributed by atoms with Crippen molar-refractivity contribution in [2.45, 2.75) is 29.6 Å². The standard InChI is InChI=1S/C23H24N2O5S2/c1-2-30-22-12-6-7-13-23(22)31(26,27)24-19-14-15-21-18(17-19)9-8-16-25(21)32(28,29)20-10-4-3-5-11-20/h3-7,10-15,17,24H,2,8-9,16H2,1H3. The normalized spacial score (nSPS) is 14.0. The molecule has 0 spiro atoms. The molecule has 32 heavy (non-hydrogen) atoms. The fourth-order valence-corrected chi connectivity index (χ4v) is 6.51. The average Bonchev–Trinajstić information content (AvgIpc) is 2.79. The average molecular weight is 473 g/mol. The first-order valence-corrected chi connectivity index (χ1v) is 13.2. The van der Waals surface area contributed by atoms with Gasteiger partial charge >= 0.3 is 0 Å². The smallest absolute Gasteiger partial charge is 0.265 e. The molecule has 7 nitrogen and oxygen atoms in total. The molecule has 1 aliphatic rings. The van der Waals surface area contributed by atoms with Crippen LogP contribution in [0.15, 0.2) is 82.6 Å². The maximum atomic E-state index is 13.1. The van der Waals surface area contributed by atoms with Crippen LogP contribution < -0.4 is 13.8 Å². The van der Waals surface area contributed by atoms with Crippen molar-refractivity contribution in [3.63, 3.8) is 0 Å². The number of ether oxygens (including phenoxy) is 1. The monoisotopic (exact) mass is 472 g/mol. The van der Waals surface area contributed by atoms with Gasteiger partial charge in [0.05, 0.1) is 17.2 Å². The lowest BCUT2D eigenvalue weighted by Crippen LogP contribution is -2.35. The van der Waals surface area contributed by atoms with Crippen LogP contribution >= 0.6 is 0 Å². The Hall–Kier alpha value is -3.04. The minimum absolute atomic E-state index is 0.0489. The molecular formula is C23H24N2O5S2. The Balaban J connectivity index is 1.65. The molecule has 0 aromatic heterocycles. The topological polar surface area (TPSA) is 92.8 Å². The van der Waals surface area contributed by atoms with E-state index in [4.69, 9.17) is 4.74 Å². The summed E-state index contributed by atoms with van der Waals surface area (Å²) in [5, 5.41) is 0. The van der Waals surface area contributed by atoms with Crippen LogP contribution in [0.3, 0.4) is 0 Å². The maximum Gasteiger partial charge on any atom is 0.265 e. The van der Waals surface area contributed by atoms with Crippen LogP contribution in [-0.4, -0.2) is 30.0 Å². The van der Waals surface area contributed by atoms with E-state index in [9.17, 15) is 16.8 Å². The van der Waals surface area contributed by atoms with Crippen LogP contribution in [0.5, 0.6) is 5.75 Å². The molecule has 1 N–H and O–H groups in total. The first kappa shape index (κ1) is 22.2. The van der Waals surface area contributed by atoms with Crippen LogP contribution in [-0.2, 0) is 26.5 Å². The zero-order valence-electron chi connectivity index (χ0n) is 17.6. The van der Waals surface area contributed by atoms with E-state index >= 15 is 0 Å². The number of para-hydroxylation sites is 1. The van der Waals surface area contributed by atoms with E-state index in [0.717, 1.165) is 5.56 Å². The minimum atomic E-state index is -3.88. The van der Waals surface area contributed by atoms with Crippen molar-refractivity contribution in [1.29, 1.82) is 0 Å². The van der Waals surface area contributed by atoms with E-state index in [0.29, 0.717) is 37.4 Å². The van der Waals surface area contributed by atoms with E-state index in [1.807, 2.05) is 0 Å². The summed E-state index contributed by atoms with van der Waals surface area (Å²) in [6.45, 7) is 2.50. The van der Waals surface area contributed by atoms with Gasteiger partial charge in [0.1, 0.15) is 10.6 Å². The molecular weight excluding hydrogens is 448 g/mol. The number of fused-ring (bicyclic) bond motifs is 1. The van der Waals surface area contributed by atoms with Gasteiger partial charge in [-0.25, -0.2) is 16.8 Å². The van der Waals surface area contributed by atoms with Crippen molar-refractivity contribution >= 4 is 31.4 Å². The molecule has 4 rings (SSSR count). The molecule has 1 aliphatic heterocycles. The number of nitrogens with zero attached hydrogens (tertiary/aromatic N) is 1. The predicted molar refractivity (Wildman–Crippen MR) is 124 cm³/mol. The number of anilines is 2. The lowest BCUT2D eigenvalue weighted by molar-refractivity contribution is 0.331. The molecule has 0 amide bonds. The second-order valence-corrected chi connectivity index (χ2v) is 10.8. The van der Waals surface area contributed by atoms with Crippen molar-refractivity contribution in [3.05, 3.63) is 78.4 Å². The van der Waals surface area contributed by atoms with Crippen LogP contribution in [0.1, 0.15) is 18.9 Å². The molecule has 3 aromatic carbocycles. The van der Waals surface area contributed by atoms with Crippen molar-refractivity contribution in [2.24, 2.45) is 0 Å². The Morgan fingerprint density at radius 2 is 1.66 bits per heavy atom. The zero-order valence-corrected chi connectivity index (χ0v) is 19.2. The van der Waals surface area contributed by atoms with E-state index in [1.165, 1.54) is 10.4 Å². The van der Waals surface area contributed by atoms with E-state index in [2.05, 4.69) is 4.72 Å². The molecule has 168 valence electrons. The molecule has 1 heterocycles. The largest absolute Gasteiger partial charge is 0.492 e. The van der Waals surface area contributed by atoms with Gasteiger partial charge in [-0.15, -0.1) is 0 Å². The maximum absolute atomic E-state index is 13.1. The molecule has 0 bridgehead atoms. The number of sulfonamides is 2. The Labute approximate surface area is 188 Å². The van der Waals surface area contributed by atoms with Gasteiger partial charge < -0.3 is 4.74 Å². The molecule has 0 fully saturated rings. The highest BCUT2D eigenvalue weighted by Crippen LogP contribution is 2.34. The Morgan fingerprint density at radius 3 is 2.41 bits per heavy atom. The van der Waals surface area contributed by atoms with Crippen LogP contribution in [0, 0.1) is 0 Å². The third-order valence-corrected chi connectivity index (χ3v) is 8.43. The van der Waals surface area contributed by atoms with Gasteiger partial charge in [-0.1, -0.05) is 30.3 Å². The summed E-state index contributed by atoms with van der Waals surface area (Å²) in [6.07, 6.45) is 1.30. The third-order valence-electron chi connectivity index (χ3n) is 5.18. The molecule has 0 saturated heterocycles. The fraction of sp³-hybridized carbons (Fsp3) is 0.217.